The first kappa shape index (κ1) is 17.9. The van der Waals surface area contributed by atoms with Gasteiger partial charge in [0, 0.05) is 16.8 Å². The summed E-state index contributed by atoms with van der Waals surface area (Å²) in [5, 5.41) is 4.60. The molecular weight excluding hydrogens is 371 g/mol. The van der Waals surface area contributed by atoms with E-state index in [0.29, 0.717) is 11.3 Å². The number of nitrogens with one attached hydrogen (secondary N) is 2. The molecule has 0 saturated heterocycles. The van der Waals surface area contributed by atoms with Gasteiger partial charge in [-0.2, -0.15) is 21.6 Å². The third-order valence-corrected chi connectivity index (χ3v) is 4.83. The molecule has 1 aliphatic rings. The van der Waals surface area contributed by atoms with Gasteiger partial charge in [0.05, 0.1) is 0 Å². The molecule has 0 saturated carbocycles. The quantitative estimate of drug-likeness (QED) is 0.853. The molecule has 2 aromatic carbocycles. The molecule has 3 rings (SSSR count). The van der Waals surface area contributed by atoms with Crippen molar-refractivity contribution in [2.45, 2.75) is 11.1 Å². The second-order valence-corrected chi connectivity index (χ2v) is 6.98. The van der Waals surface area contributed by atoms with Gasteiger partial charge >= 0.3 is 6.18 Å². The Kier molecular flexibility index (Phi) is 4.45. The Morgan fingerprint density at radius 3 is 2.35 bits per heavy atom. The highest BCUT2D eigenvalue weighted by atomic mass is 32.2. The third-order valence-electron chi connectivity index (χ3n) is 3.49. The van der Waals surface area contributed by atoms with Crippen LogP contribution in [0, 0.1) is 0 Å². The van der Waals surface area contributed by atoms with Gasteiger partial charge in [0.15, 0.2) is 5.84 Å². The molecule has 0 atom stereocenters. The average Bonchev–Trinajstić information content (AvgIpc) is 2.84. The lowest BCUT2D eigenvalue weighted by molar-refractivity contribution is -0.123. The van der Waals surface area contributed by atoms with E-state index in [1.807, 2.05) is 0 Å². The van der Waals surface area contributed by atoms with E-state index in [1.165, 1.54) is 30.3 Å². The number of anilines is 1. The number of sulfonamides is 1. The van der Waals surface area contributed by atoms with Crippen LogP contribution in [0.2, 0.25) is 0 Å². The Balaban J connectivity index is 1.74. The van der Waals surface area contributed by atoms with Crippen LogP contribution in [0.5, 0.6) is 0 Å². The lowest BCUT2D eigenvalue weighted by Gasteiger charge is -2.09. The second kappa shape index (κ2) is 6.45. The molecule has 0 spiro atoms. The first-order chi connectivity index (χ1) is 12.2. The minimum atomic E-state index is -4.49. The molecule has 1 amide bonds. The van der Waals surface area contributed by atoms with Crippen molar-refractivity contribution in [3.8, 4) is 0 Å². The first-order valence-corrected chi connectivity index (χ1v) is 8.76. The van der Waals surface area contributed by atoms with Crippen molar-refractivity contribution in [2.24, 2.45) is 4.40 Å². The number of carbonyl (C=O) groups is 1. The minimum absolute atomic E-state index is 0.0428. The Bertz CT molecular complexity index is 984. The number of benzene rings is 2. The van der Waals surface area contributed by atoms with E-state index in [9.17, 15) is 26.4 Å². The van der Waals surface area contributed by atoms with Gasteiger partial charge in [0.2, 0.25) is 0 Å². The number of halogens is 3. The van der Waals surface area contributed by atoms with Crippen LogP contribution in [0.4, 0.5) is 18.9 Å². The van der Waals surface area contributed by atoms with Crippen LogP contribution in [0.15, 0.2) is 57.8 Å². The summed E-state index contributed by atoms with van der Waals surface area (Å²) in [7, 11) is -3.76. The van der Waals surface area contributed by atoms with Gasteiger partial charge in [-0.3, -0.25) is 4.79 Å². The molecule has 0 bridgehead atoms. The number of fused-ring (bicyclic) bond motifs is 1. The van der Waals surface area contributed by atoms with Gasteiger partial charge in [-0.25, -0.2) is 0 Å². The monoisotopic (exact) mass is 383 g/mol. The summed E-state index contributed by atoms with van der Waals surface area (Å²) in [4.78, 5) is 11.7. The van der Waals surface area contributed by atoms with Crippen molar-refractivity contribution in [2.75, 3.05) is 11.9 Å². The topological polar surface area (TPSA) is 87.6 Å². The van der Waals surface area contributed by atoms with Crippen LogP contribution in [-0.2, 0) is 10.0 Å². The molecule has 0 aliphatic carbocycles. The number of amidine groups is 1. The van der Waals surface area contributed by atoms with E-state index in [0.717, 1.165) is 0 Å². The molecule has 1 aliphatic heterocycles. The average molecular weight is 383 g/mol. The van der Waals surface area contributed by atoms with Crippen LogP contribution in [0.1, 0.15) is 15.9 Å². The van der Waals surface area contributed by atoms with Gasteiger partial charge in [-0.15, -0.1) is 4.40 Å². The number of rotatable bonds is 3. The molecule has 0 radical (unpaired) electrons. The highest BCUT2D eigenvalue weighted by molar-refractivity contribution is 7.90. The largest absolute Gasteiger partial charge is 0.405 e. The molecule has 0 unspecified atom stereocenters. The number of amides is 1. The fourth-order valence-corrected chi connectivity index (χ4v) is 3.50. The maximum absolute atomic E-state index is 12.1. The SMILES string of the molecule is O=C(NCC(F)(F)F)c1ccc(NC2=NS(=O)(=O)c3ccccc32)cc1. The fraction of sp³-hybridized carbons (Fsp3) is 0.125. The van der Waals surface area contributed by atoms with Crippen molar-refractivity contribution in [3.63, 3.8) is 0 Å². The normalized spacial score (nSPS) is 15.1. The molecule has 2 aromatic rings. The van der Waals surface area contributed by atoms with Gasteiger partial charge in [-0.05, 0) is 36.4 Å². The Morgan fingerprint density at radius 2 is 1.69 bits per heavy atom. The van der Waals surface area contributed by atoms with Gasteiger partial charge < -0.3 is 10.6 Å². The molecule has 26 heavy (non-hydrogen) atoms. The number of nitrogens with zero attached hydrogens (tertiary/aromatic N) is 1. The van der Waals surface area contributed by atoms with Crippen LogP contribution in [-0.4, -0.2) is 32.9 Å². The predicted octanol–water partition coefficient (Wildman–Crippen LogP) is 2.54. The number of hydrogen-bond acceptors (Lipinski definition) is 4. The van der Waals surface area contributed by atoms with Crippen LogP contribution in [0.3, 0.4) is 0 Å². The summed E-state index contributed by atoms with van der Waals surface area (Å²) in [6, 6.07) is 11.8. The van der Waals surface area contributed by atoms with E-state index >= 15 is 0 Å². The molecule has 0 aromatic heterocycles. The summed E-state index contributed by atoms with van der Waals surface area (Å²) < 4.78 is 64.0. The van der Waals surface area contributed by atoms with E-state index in [4.69, 9.17) is 0 Å². The van der Waals surface area contributed by atoms with Gasteiger partial charge in [0.25, 0.3) is 15.9 Å². The zero-order chi connectivity index (χ0) is 18.9. The predicted molar refractivity (Wildman–Crippen MR) is 88.6 cm³/mol. The van der Waals surface area contributed by atoms with E-state index in [1.54, 1.807) is 23.5 Å². The lowest BCUT2D eigenvalue weighted by atomic mass is 10.1. The van der Waals surface area contributed by atoms with Crippen molar-refractivity contribution in [1.29, 1.82) is 0 Å². The molecular formula is C16H12F3N3O3S. The summed E-state index contributed by atoms with van der Waals surface area (Å²) in [5.41, 5.74) is 0.892. The highest BCUT2D eigenvalue weighted by Gasteiger charge is 2.29. The van der Waals surface area contributed by atoms with Crippen molar-refractivity contribution >= 4 is 27.5 Å². The molecule has 0 fully saturated rings. The fourth-order valence-electron chi connectivity index (χ4n) is 2.32. The van der Waals surface area contributed by atoms with Crippen molar-refractivity contribution < 1.29 is 26.4 Å². The number of alkyl halides is 3. The van der Waals surface area contributed by atoms with Crippen LogP contribution >= 0.6 is 0 Å². The Hall–Kier alpha value is -2.88. The molecule has 6 nitrogen and oxygen atoms in total. The summed E-state index contributed by atoms with van der Waals surface area (Å²) in [6.45, 7) is -1.42. The van der Waals surface area contributed by atoms with E-state index in [-0.39, 0.29) is 16.3 Å². The smallest absolute Gasteiger partial charge is 0.343 e. The Morgan fingerprint density at radius 1 is 1.04 bits per heavy atom. The zero-order valence-corrected chi connectivity index (χ0v) is 13.9. The summed E-state index contributed by atoms with van der Waals surface area (Å²) >= 11 is 0. The Labute approximate surface area is 146 Å². The second-order valence-electron chi connectivity index (χ2n) is 5.41. The van der Waals surface area contributed by atoms with Crippen molar-refractivity contribution in [3.05, 3.63) is 59.7 Å². The minimum Gasteiger partial charge on any atom is -0.343 e. The maximum atomic E-state index is 12.1. The highest BCUT2D eigenvalue weighted by Crippen LogP contribution is 2.26. The molecule has 2 N–H and O–H groups in total. The lowest BCUT2D eigenvalue weighted by Crippen LogP contribution is -2.33. The maximum Gasteiger partial charge on any atom is 0.405 e. The van der Waals surface area contributed by atoms with Gasteiger partial charge in [0.1, 0.15) is 11.4 Å². The van der Waals surface area contributed by atoms with Crippen LogP contribution < -0.4 is 10.6 Å². The standard InChI is InChI=1S/C16H12F3N3O3S/c17-16(18,19)9-20-15(23)10-5-7-11(8-6-10)21-14-12-3-1-2-4-13(12)26(24,25)22-14/h1-8H,9H2,(H,20,23)(H,21,22). The van der Waals surface area contributed by atoms with Crippen molar-refractivity contribution in [1.82, 2.24) is 5.32 Å². The summed E-state index contributed by atoms with van der Waals surface area (Å²) in [6.07, 6.45) is -4.49. The van der Waals surface area contributed by atoms with Gasteiger partial charge in [-0.1, -0.05) is 12.1 Å². The molecule has 1 heterocycles. The van der Waals surface area contributed by atoms with Crippen LogP contribution in [0.25, 0.3) is 0 Å². The van der Waals surface area contributed by atoms with E-state index in [2.05, 4.69) is 9.71 Å². The first-order valence-electron chi connectivity index (χ1n) is 7.32. The number of hydrogen-bond donors (Lipinski definition) is 2. The number of carbonyl (C=O) groups excluding carboxylic acids is 1. The summed E-state index contributed by atoms with van der Waals surface area (Å²) in [5.74, 6) is -0.727. The third kappa shape index (κ3) is 3.85. The molecule has 10 heteroatoms. The zero-order valence-electron chi connectivity index (χ0n) is 13.0. The van der Waals surface area contributed by atoms with E-state index < -0.39 is 28.7 Å². The molecule has 136 valence electrons.